The SMILES string of the molecule is C=CC=CC(=CC=C(C)C(=O)O)C(=O)O. The standard InChI is InChI=1S/C11H12O4/c1-3-4-5-9(11(14)15)7-6-8(2)10(12)13/h3-7H,1H2,2H3,(H,12,13)(H,14,15). The molecule has 0 spiro atoms. The third kappa shape index (κ3) is 5.25. The van der Waals surface area contributed by atoms with Gasteiger partial charge in [0.05, 0.1) is 5.57 Å². The molecule has 0 unspecified atom stereocenters. The van der Waals surface area contributed by atoms with Gasteiger partial charge in [-0.3, -0.25) is 0 Å². The van der Waals surface area contributed by atoms with Crippen LogP contribution in [0.25, 0.3) is 0 Å². The first-order valence-electron chi connectivity index (χ1n) is 4.13. The summed E-state index contributed by atoms with van der Waals surface area (Å²) in [5.41, 5.74) is 0.0660. The maximum atomic E-state index is 10.7. The molecule has 0 aromatic carbocycles. The highest BCUT2D eigenvalue weighted by Gasteiger charge is 2.02. The van der Waals surface area contributed by atoms with Gasteiger partial charge in [0.15, 0.2) is 0 Å². The molecule has 0 fully saturated rings. The lowest BCUT2D eigenvalue weighted by molar-refractivity contribution is -0.133. The van der Waals surface area contributed by atoms with Crippen molar-refractivity contribution in [3.05, 3.63) is 48.1 Å². The van der Waals surface area contributed by atoms with Crippen LogP contribution in [0, 0.1) is 0 Å². The molecule has 0 radical (unpaired) electrons. The van der Waals surface area contributed by atoms with Crippen LogP contribution in [0.1, 0.15) is 6.92 Å². The molecule has 15 heavy (non-hydrogen) atoms. The molecule has 4 heteroatoms. The van der Waals surface area contributed by atoms with Crippen molar-refractivity contribution in [3.63, 3.8) is 0 Å². The summed E-state index contributed by atoms with van der Waals surface area (Å²) in [6.45, 7) is 4.78. The van der Waals surface area contributed by atoms with E-state index in [2.05, 4.69) is 6.58 Å². The maximum Gasteiger partial charge on any atom is 0.335 e. The Balaban J connectivity index is 4.93. The molecule has 0 atom stereocenters. The van der Waals surface area contributed by atoms with Crippen molar-refractivity contribution in [2.24, 2.45) is 0 Å². The fourth-order valence-corrected chi connectivity index (χ4v) is 0.656. The van der Waals surface area contributed by atoms with Crippen molar-refractivity contribution in [2.75, 3.05) is 0 Å². The summed E-state index contributed by atoms with van der Waals surface area (Å²) in [6.07, 6.45) is 6.69. The monoisotopic (exact) mass is 208 g/mol. The zero-order valence-corrected chi connectivity index (χ0v) is 8.30. The third-order valence-corrected chi connectivity index (χ3v) is 1.51. The molecule has 0 aliphatic rings. The number of aliphatic carboxylic acids is 2. The summed E-state index contributed by atoms with van der Waals surface area (Å²) in [7, 11) is 0. The van der Waals surface area contributed by atoms with Gasteiger partial charge in [-0.2, -0.15) is 0 Å². The Kier molecular flexibility index (Phi) is 5.48. The second-order valence-corrected chi connectivity index (χ2v) is 2.68. The van der Waals surface area contributed by atoms with Crippen LogP contribution in [0.15, 0.2) is 48.1 Å². The normalized spacial score (nSPS) is 12.9. The van der Waals surface area contributed by atoms with Gasteiger partial charge in [-0.1, -0.05) is 24.8 Å². The lowest BCUT2D eigenvalue weighted by Crippen LogP contribution is -1.98. The zero-order chi connectivity index (χ0) is 11.8. The van der Waals surface area contributed by atoms with Gasteiger partial charge in [-0.15, -0.1) is 0 Å². The fraction of sp³-hybridized carbons (Fsp3) is 0.0909. The Labute approximate surface area is 87.5 Å². The largest absolute Gasteiger partial charge is 0.478 e. The third-order valence-electron chi connectivity index (χ3n) is 1.51. The molecular weight excluding hydrogens is 196 g/mol. The maximum absolute atomic E-state index is 10.7. The highest BCUT2D eigenvalue weighted by atomic mass is 16.4. The topological polar surface area (TPSA) is 74.6 Å². The smallest absolute Gasteiger partial charge is 0.335 e. The fourth-order valence-electron chi connectivity index (χ4n) is 0.656. The highest BCUT2D eigenvalue weighted by molar-refractivity contribution is 5.91. The van der Waals surface area contributed by atoms with Crippen molar-refractivity contribution in [2.45, 2.75) is 6.92 Å². The van der Waals surface area contributed by atoms with Gasteiger partial charge < -0.3 is 10.2 Å². The number of hydrogen-bond donors (Lipinski definition) is 2. The molecular formula is C11H12O4. The number of carboxylic acids is 2. The predicted octanol–water partition coefficient (Wildman–Crippen LogP) is 1.77. The number of allylic oxidation sites excluding steroid dienone is 4. The summed E-state index contributed by atoms with van der Waals surface area (Å²) in [5.74, 6) is -2.20. The average molecular weight is 208 g/mol. The van der Waals surface area contributed by atoms with Crippen molar-refractivity contribution >= 4 is 11.9 Å². The van der Waals surface area contributed by atoms with Gasteiger partial charge in [0.25, 0.3) is 0 Å². The van der Waals surface area contributed by atoms with Crippen molar-refractivity contribution in [1.82, 2.24) is 0 Å². The van der Waals surface area contributed by atoms with E-state index in [0.717, 1.165) is 0 Å². The van der Waals surface area contributed by atoms with E-state index in [9.17, 15) is 9.59 Å². The molecule has 4 nitrogen and oxygen atoms in total. The molecule has 0 aliphatic carbocycles. The first-order valence-corrected chi connectivity index (χ1v) is 4.13. The van der Waals surface area contributed by atoms with Gasteiger partial charge in [0.1, 0.15) is 0 Å². The molecule has 0 aliphatic heterocycles. The van der Waals surface area contributed by atoms with Crippen LogP contribution >= 0.6 is 0 Å². The van der Waals surface area contributed by atoms with Crippen molar-refractivity contribution in [1.29, 1.82) is 0 Å². The van der Waals surface area contributed by atoms with Crippen molar-refractivity contribution < 1.29 is 19.8 Å². The number of rotatable bonds is 5. The van der Waals surface area contributed by atoms with Crippen LogP contribution < -0.4 is 0 Å². The van der Waals surface area contributed by atoms with E-state index in [1.54, 1.807) is 0 Å². The summed E-state index contributed by atoms with van der Waals surface area (Å²) < 4.78 is 0. The van der Waals surface area contributed by atoms with E-state index in [1.807, 2.05) is 0 Å². The Hall–Kier alpha value is -2.10. The zero-order valence-electron chi connectivity index (χ0n) is 8.30. The van der Waals surface area contributed by atoms with Crippen LogP contribution in [0.4, 0.5) is 0 Å². The van der Waals surface area contributed by atoms with Gasteiger partial charge in [0.2, 0.25) is 0 Å². The predicted molar refractivity (Wildman–Crippen MR) is 56.4 cm³/mol. The van der Waals surface area contributed by atoms with Crippen molar-refractivity contribution in [3.8, 4) is 0 Å². The molecule has 80 valence electrons. The van der Waals surface area contributed by atoms with E-state index in [4.69, 9.17) is 10.2 Å². The molecule has 0 saturated carbocycles. The second-order valence-electron chi connectivity index (χ2n) is 2.68. The minimum absolute atomic E-state index is 0.00417. The Bertz CT molecular complexity index is 359. The Morgan fingerprint density at radius 3 is 2.13 bits per heavy atom. The minimum Gasteiger partial charge on any atom is -0.478 e. The number of carbonyl (C=O) groups is 2. The summed E-state index contributed by atoms with van der Waals surface area (Å²) >= 11 is 0. The second kappa shape index (κ2) is 6.37. The average Bonchev–Trinajstić information content (AvgIpc) is 2.16. The van der Waals surface area contributed by atoms with Gasteiger partial charge in [0, 0.05) is 5.57 Å². The first kappa shape index (κ1) is 12.9. The van der Waals surface area contributed by atoms with Crippen LogP contribution in [0.3, 0.4) is 0 Å². The molecule has 2 N–H and O–H groups in total. The number of hydrogen-bond acceptors (Lipinski definition) is 2. The molecule has 0 amide bonds. The minimum atomic E-state index is -1.12. The first-order chi connectivity index (χ1) is 6.99. The van der Waals surface area contributed by atoms with E-state index in [-0.39, 0.29) is 11.1 Å². The van der Waals surface area contributed by atoms with Gasteiger partial charge in [-0.05, 0) is 19.1 Å². The summed E-state index contributed by atoms with van der Waals surface area (Å²) in [5, 5.41) is 17.3. The molecule has 0 rings (SSSR count). The van der Waals surface area contributed by atoms with E-state index >= 15 is 0 Å². The lowest BCUT2D eigenvalue weighted by atomic mass is 10.2. The summed E-state index contributed by atoms with van der Waals surface area (Å²) in [6, 6.07) is 0. The van der Waals surface area contributed by atoms with E-state index < -0.39 is 11.9 Å². The van der Waals surface area contributed by atoms with Gasteiger partial charge >= 0.3 is 11.9 Å². The Morgan fingerprint density at radius 1 is 1.13 bits per heavy atom. The Morgan fingerprint density at radius 2 is 1.73 bits per heavy atom. The lowest BCUT2D eigenvalue weighted by Gasteiger charge is -1.92. The van der Waals surface area contributed by atoms with Gasteiger partial charge in [-0.25, -0.2) is 9.59 Å². The van der Waals surface area contributed by atoms with Crippen LogP contribution in [-0.4, -0.2) is 22.2 Å². The van der Waals surface area contributed by atoms with Crippen LogP contribution in [0.2, 0.25) is 0 Å². The molecule has 0 saturated heterocycles. The molecule has 0 aromatic heterocycles. The van der Waals surface area contributed by atoms with E-state index in [1.165, 1.54) is 37.3 Å². The molecule has 0 heterocycles. The molecule has 0 bridgehead atoms. The molecule has 0 aromatic rings. The quantitative estimate of drug-likeness (QED) is 0.533. The summed E-state index contributed by atoms with van der Waals surface area (Å²) in [4.78, 5) is 21.1. The number of carboxylic acid groups (broad SMARTS) is 2. The van der Waals surface area contributed by atoms with E-state index in [0.29, 0.717) is 0 Å². The van der Waals surface area contributed by atoms with Crippen LogP contribution in [-0.2, 0) is 9.59 Å². The highest BCUT2D eigenvalue weighted by Crippen LogP contribution is 2.01. The van der Waals surface area contributed by atoms with Crippen LogP contribution in [0.5, 0.6) is 0 Å².